The summed E-state index contributed by atoms with van der Waals surface area (Å²) in [6.07, 6.45) is 17.7. The van der Waals surface area contributed by atoms with Crippen molar-refractivity contribution in [3.05, 3.63) is 89.6 Å². The SMILES string of the molecule is C=C/C(C#N)=C\C=C\c1cccc(C2N=CNC(/C=C3\C=CCC3)N2)c1. The minimum atomic E-state index is -0.0878. The van der Waals surface area contributed by atoms with Gasteiger partial charge in [0.05, 0.1) is 24.1 Å². The first kappa shape index (κ1) is 17.7. The molecule has 0 fully saturated rings. The van der Waals surface area contributed by atoms with E-state index in [1.165, 1.54) is 5.57 Å². The zero-order chi connectivity index (χ0) is 18.2. The highest BCUT2D eigenvalue weighted by molar-refractivity contribution is 5.58. The van der Waals surface area contributed by atoms with Gasteiger partial charge in [-0.2, -0.15) is 5.26 Å². The molecular formula is C22H22N4. The first-order chi connectivity index (χ1) is 12.8. The van der Waals surface area contributed by atoms with Crippen molar-refractivity contribution in [2.75, 3.05) is 0 Å². The number of nitriles is 1. The van der Waals surface area contributed by atoms with Crippen molar-refractivity contribution in [1.82, 2.24) is 10.6 Å². The van der Waals surface area contributed by atoms with Gasteiger partial charge in [0.25, 0.3) is 0 Å². The maximum atomic E-state index is 8.90. The van der Waals surface area contributed by atoms with Crippen molar-refractivity contribution in [1.29, 1.82) is 5.26 Å². The van der Waals surface area contributed by atoms with E-state index in [4.69, 9.17) is 5.26 Å². The van der Waals surface area contributed by atoms with Crippen LogP contribution in [0.3, 0.4) is 0 Å². The minimum absolute atomic E-state index is 0.0724. The zero-order valence-electron chi connectivity index (χ0n) is 14.6. The van der Waals surface area contributed by atoms with Gasteiger partial charge >= 0.3 is 0 Å². The summed E-state index contributed by atoms with van der Waals surface area (Å²) >= 11 is 0. The summed E-state index contributed by atoms with van der Waals surface area (Å²) in [5.41, 5.74) is 4.05. The summed E-state index contributed by atoms with van der Waals surface area (Å²) in [5.74, 6) is 0. The predicted octanol–water partition coefficient (Wildman–Crippen LogP) is 4.16. The Kier molecular flexibility index (Phi) is 5.97. The fourth-order valence-corrected chi connectivity index (χ4v) is 2.91. The van der Waals surface area contributed by atoms with E-state index in [1.807, 2.05) is 24.3 Å². The van der Waals surface area contributed by atoms with E-state index < -0.39 is 0 Å². The van der Waals surface area contributed by atoms with Crippen molar-refractivity contribution in [3.8, 4) is 6.07 Å². The van der Waals surface area contributed by atoms with Crippen LogP contribution in [0.5, 0.6) is 0 Å². The average Bonchev–Trinajstić information content (AvgIpc) is 3.19. The lowest BCUT2D eigenvalue weighted by molar-refractivity contribution is 0.456. The van der Waals surface area contributed by atoms with Crippen LogP contribution < -0.4 is 10.6 Å². The average molecular weight is 342 g/mol. The molecule has 1 heterocycles. The van der Waals surface area contributed by atoms with Gasteiger partial charge in [0.15, 0.2) is 0 Å². The first-order valence-electron chi connectivity index (χ1n) is 8.70. The van der Waals surface area contributed by atoms with Crippen LogP contribution in [0.25, 0.3) is 6.08 Å². The molecule has 2 aliphatic rings. The van der Waals surface area contributed by atoms with Gasteiger partial charge in [-0.3, -0.25) is 10.3 Å². The molecule has 26 heavy (non-hydrogen) atoms. The van der Waals surface area contributed by atoms with Crippen LogP contribution in [0.2, 0.25) is 0 Å². The maximum absolute atomic E-state index is 8.90. The number of hydrogen-bond donors (Lipinski definition) is 2. The van der Waals surface area contributed by atoms with Crippen LogP contribution in [0.4, 0.5) is 0 Å². The normalized spacial score (nSPS) is 24.0. The van der Waals surface area contributed by atoms with Gasteiger partial charge in [0.2, 0.25) is 0 Å². The van der Waals surface area contributed by atoms with Crippen LogP contribution in [0.1, 0.15) is 30.1 Å². The van der Waals surface area contributed by atoms with E-state index >= 15 is 0 Å². The van der Waals surface area contributed by atoms with Gasteiger partial charge in [0, 0.05) is 0 Å². The van der Waals surface area contributed by atoms with Crippen molar-refractivity contribution in [3.63, 3.8) is 0 Å². The Bertz CT molecular complexity index is 849. The van der Waals surface area contributed by atoms with Crippen molar-refractivity contribution in [2.45, 2.75) is 25.2 Å². The monoisotopic (exact) mass is 342 g/mol. The lowest BCUT2D eigenvalue weighted by Gasteiger charge is -2.26. The Morgan fingerprint density at radius 2 is 2.31 bits per heavy atom. The number of rotatable bonds is 5. The molecule has 4 heteroatoms. The van der Waals surface area contributed by atoms with E-state index in [0.29, 0.717) is 5.57 Å². The maximum Gasteiger partial charge on any atom is 0.129 e. The third-order valence-corrected chi connectivity index (χ3v) is 4.27. The Morgan fingerprint density at radius 3 is 3.08 bits per heavy atom. The molecule has 130 valence electrons. The Balaban J connectivity index is 1.71. The van der Waals surface area contributed by atoms with Crippen molar-refractivity contribution in [2.24, 2.45) is 4.99 Å². The smallest absolute Gasteiger partial charge is 0.129 e. The summed E-state index contributed by atoms with van der Waals surface area (Å²) in [6.45, 7) is 3.61. The van der Waals surface area contributed by atoms with E-state index in [2.05, 4.69) is 58.6 Å². The lowest BCUT2D eigenvalue weighted by atomic mass is 10.1. The van der Waals surface area contributed by atoms with Gasteiger partial charge in [-0.15, -0.1) is 0 Å². The van der Waals surface area contributed by atoms with Gasteiger partial charge in [0.1, 0.15) is 6.17 Å². The molecular weight excluding hydrogens is 320 g/mol. The molecule has 1 aromatic rings. The van der Waals surface area contributed by atoms with Crippen LogP contribution in [0, 0.1) is 11.3 Å². The number of nitrogens with one attached hydrogen (secondary N) is 2. The van der Waals surface area contributed by atoms with Crippen molar-refractivity contribution >= 4 is 12.4 Å². The predicted molar refractivity (Wildman–Crippen MR) is 107 cm³/mol. The van der Waals surface area contributed by atoms with Gasteiger partial charge < -0.3 is 5.32 Å². The summed E-state index contributed by atoms with van der Waals surface area (Å²) in [7, 11) is 0. The molecule has 4 nitrogen and oxygen atoms in total. The van der Waals surface area contributed by atoms with Gasteiger partial charge in [-0.1, -0.05) is 55.2 Å². The fraction of sp³-hybridized carbons (Fsp3) is 0.182. The summed E-state index contributed by atoms with van der Waals surface area (Å²) in [5, 5.41) is 15.7. The van der Waals surface area contributed by atoms with E-state index in [1.54, 1.807) is 18.5 Å². The topological polar surface area (TPSA) is 60.2 Å². The van der Waals surface area contributed by atoms with Gasteiger partial charge in [-0.05, 0) is 47.8 Å². The van der Waals surface area contributed by atoms with E-state index in [0.717, 1.165) is 24.0 Å². The third kappa shape index (κ3) is 4.69. The third-order valence-electron chi connectivity index (χ3n) is 4.27. The quantitative estimate of drug-likeness (QED) is 0.624. The number of benzene rings is 1. The van der Waals surface area contributed by atoms with E-state index in [9.17, 15) is 0 Å². The fourth-order valence-electron chi connectivity index (χ4n) is 2.91. The van der Waals surface area contributed by atoms with Crippen LogP contribution in [-0.2, 0) is 0 Å². The molecule has 0 aromatic heterocycles. The first-order valence-corrected chi connectivity index (χ1v) is 8.70. The summed E-state index contributed by atoms with van der Waals surface area (Å²) in [4.78, 5) is 4.51. The Morgan fingerprint density at radius 1 is 1.38 bits per heavy atom. The zero-order valence-corrected chi connectivity index (χ0v) is 14.6. The second-order valence-corrected chi connectivity index (χ2v) is 6.14. The molecule has 0 bridgehead atoms. The van der Waals surface area contributed by atoms with E-state index in [-0.39, 0.29) is 12.3 Å². The highest BCUT2D eigenvalue weighted by Crippen LogP contribution is 2.21. The molecule has 1 aliphatic heterocycles. The molecule has 0 saturated heterocycles. The molecule has 2 unspecified atom stereocenters. The highest BCUT2D eigenvalue weighted by atomic mass is 15.3. The molecule has 3 rings (SSSR count). The van der Waals surface area contributed by atoms with Crippen LogP contribution >= 0.6 is 0 Å². The standard InChI is InChI=1S/C22H22N4/c1-2-17(15-23)9-5-10-18-11-6-12-20(13-18)22-25-16-24-21(26-22)14-19-7-3-4-8-19/h2-3,5-7,9-14,16,21-22,26H,1,4,8H2,(H,24,25)/b10-5+,17-9+,19-14+. The number of nitrogens with zero attached hydrogens (tertiary/aromatic N) is 2. The van der Waals surface area contributed by atoms with Gasteiger partial charge in [-0.25, -0.2) is 0 Å². The number of allylic oxidation sites excluding steroid dienone is 7. The van der Waals surface area contributed by atoms with Crippen LogP contribution in [0.15, 0.2) is 83.4 Å². The molecule has 0 amide bonds. The van der Waals surface area contributed by atoms with Crippen molar-refractivity contribution < 1.29 is 0 Å². The molecule has 1 aliphatic carbocycles. The molecule has 2 N–H and O–H groups in total. The lowest BCUT2D eigenvalue weighted by Crippen LogP contribution is -2.45. The minimum Gasteiger partial charge on any atom is -0.358 e. The summed E-state index contributed by atoms with van der Waals surface area (Å²) < 4.78 is 0. The Hall–Kier alpha value is -3.16. The number of aliphatic imine (C=N–C) groups is 1. The Labute approximate surface area is 154 Å². The molecule has 2 atom stereocenters. The molecule has 1 aromatic carbocycles. The van der Waals surface area contributed by atoms with Crippen LogP contribution in [-0.4, -0.2) is 12.5 Å². The molecule has 0 spiro atoms. The highest BCUT2D eigenvalue weighted by Gasteiger charge is 2.18. The number of hydrogen-bond acceptors (Lipinski definition) is 4. The second kappa shape index (κ2) is 8.80. The summed E-state index contributed by atoms with van der Waals surface area (Å²) in [6, 6.07) is 10.3. The molecule has 0 radical (unpaired) electrons. The molecule has 0 saturated carbocycles. The second-order valence-electron chi connectivity index (χ2n) is 6.14. The largest absolute Gasteiger partial charge is 0.358 e.